The Morgan fingerprint density at radius 1 is 1.21 bits per heavy atom. The normalized spacial score (nSPS) is 12.9. The SMILES string of the molecule is CC(C)C(/C=C\N(C)C(C)C)=C/C=O. The molecule has 0 heterocycles. The Morgan fingerprint density at radius 3 is 2.14 bits per heavy atom. The summed E-state index contributed by atoms with van der Waals surface area (Å²) in [6.07, 6.45) is 6.48. The van der Waals surface area contributed by atoms with Gasteiger partial charge in [0, 0.05) is 13.1 Å². The van der Waals surface area contributed by atoms with Crippen molar-refractivity contribution in [2.24, 2.45) is 5.92 Å². The summed E-state index contributed by atoms with van der Waals surface area (Å²) in [6.45, 7) is 8.41. The highest BCUT2D eigenvalue weighted by Gasteiger charge is 2.00. The molecule has 0 aliphatic heterocycles. The zero-order valence-electron chi connectivity index (χ0n) is 9.82. The van der Waals surface area contributed by atoms with E-state index in [0.29, 0.717) is 12.0 Å². The monoisotopic (exact) mass is 195 g/mol. The van der Waals surface area contributed by atoms with Crippen molar-refractivity contribution in [3.63, 3.8) is 0 Å². The maximum Gasteiger partial charge on any atom is 0.143 e. The molecule has 0 spiro atoms. The van der Waals surface area contributed by atoms with E-state index in [1.165, 1.54) is 0 Å². The third-order valence-electron chi connectivity index (χ3n) is 2.24. The summed E-state index contributed by atoms with van der Waals surface area (Å²) in [5.74, 6) is 0.386. The van der Waals surface area contributed by atoms with Crippen LogP contribution < -0.4 is 0 Å². The van der Waals surface area contributed by atoms with Crippen LogP contribution in [0.5, 0.6) is 0 Å². The topological polar surface area (TPSA) is 20.3 Å². The van der Waals surface area contributed by atoms with Crippen molar-refractivity contribution in [3.05, 3.63) is 23.9 Å². The summed E-state index contributed by atoms with van der Waals surface area (Å²) < 4.78 is 0. The molecule has 0 aliphatic carbocycles. The zero-order chi connectivity index (χ0) is 11.1. The van der Waals surface area contributed by atoms with Gasteiger partial charge in [-0.05, 0) is 43.7 Å². The Bertz CT molecular complexity index is 226. The summed E-state index contributed by atoms with van der Waals surface area (Å²) in [7, 11) is 2.03. The van der Waals surface area contributed by atoms with Crippen LogP contribution in [0.2, 0.25) is 0 Å². The van der Waals surface area contributed by atoms with E-state index < -0.39 is 0 Å². The Hall–Kier alpha value is -1.05. The van der Waals surface area contributed by atoms with Gasteiger partial charge in [0.05, 0.1) is 0 Å². The van der Waals surface area contributed by atoms with E-state index in [0.717, 1.165) is 11.9 Å². The summed E-state index contributed by atoms with van der Waals surface area (Å²) in [6, 6.07) is 0.482. The van der Waals surface area contributed by atoms with E-state index in [9.17, 15) is 4.79 Å². The third kappa shape index (κ3) is 4.85. The van der Waals surface area contributed by atoms with Crippen LogP contribution in [0.15, 0.2) is 23.9 Å². The third-order valence-corrected chi connectivity index (χ3v) is 2.24. The van der Waals surface area contributed by atoms with E-state index in [2.05, 4.69) is 32.6 Å². The molecular weight excluding hydrogens is 174 g/mol. The van der Waals surface area contributed by atoms with E-state index in [1.807, 2.05) is 19.3 Å². The average Bonchev–Trinajstić information content (AvgIpc) is 2.10. The van der Waals surface area contributed by atoms with Gasteiger partial charge in [0.2, 0.25) is 0 Å². The molecule has 0 rings (SSSR count). The van der Waals surface area contributed by atoms with Crippen molar-refractivity contribution in [3.8, 4) is 0 Å². The summed E-state index contributed by atoms with van der Waals surface area (Å²) in [5, 5.41) is 0. The van der Waals surface area contributed by atoms with Crippen LogP contribution in [-0.4, -0.2) is 24.3 Å². The van der Waals surface area contributed by atoms with Gasteiger partial charge in [-0.2, -0.15) is 0 Å². The molecule has 0 aromatic heterocycles. The van der Waals surface area contributed by atoms with Crippen LogP contribution in [0.3, 0.4) is 0 Å². The van der Waals surface area contributed by atoms with Crippen molar-refractivity contribution < 1.29 is 4.79 Å². The van der Waals surface area contributed by atoms with Crippen molar-refractivity contribution in [1.29, 1.82) is 0 Å². The van der Waals surface area contributed by atoms with Crippen molar-refractivity contribution in [2.45, 2.75) is 33.7 Å². The van der Waals surface area contributed by atoms with Gasteiger partial charge in [-0.15, -0.1) is 0 Å². The standard InChI is InChI=1S/C12H21NO/c1-10(2)12(7-9-14)6-8-13(5)11(3)4/h6-11H,1-5H3/b8-6-,12-7+. The number of hydrogen-bond donors (Lipinski definition) is 0. The first-order chi connectivity index (χ1) is 6.49. The molecule has 0 saturated carbocycles. The number of aldehydes is 1. The second-order valence-electron chi connectivity index (χ2n) is 4.03. The second kappa shape index (κ2) is 6.41. The molecule has 0 aliphatic rings. The smallest absolute Gasteiger partial charge is 0.143 e. The first-order valence-corrected chi connectivity index (χ1v) is 5.04. The van der Waals surface area contributed by atoms with Crippen LogP contribution >= 0.6 is 0 Å². The largest absolute Gasteiger partial charge is 0.378 e. The zero-order valence-corrected chi connectivity index (χ0v) is 9.82. The number of nitrogens with zero attached hydrogens (tertiary/aromatic N) is 1. The summed E-state index contributed by atoms with van der Waals surface area (Å²) >= 11 is 0. The summed E-state index contributed by atoms with van der Waals surface area (Å²) in [5.41, 5.74) is 1.06. The Kier molecular flexibility index (Phi) is 5.93. The van der Waals surface area contributed by atoms with Crippen molar-refractivity contribution in [1.82, 2.24) is 4.90 Å². The molecule has 0 aromatic rings. The Morgan fingerprint density at radius 2 is 1.79 bits per heavy atom. The molecule has 0 radical (unpaired) electrons. The summed E-state index contributed by atoms with van der Waals surface area (Å²) in [4.78, 5) is 12.5. The fourth-order valence-electron chi connectivity index (χ4n) is 0.895. The van der Waals surface area contributed by atoms with E-state index in [4.69, 9.17) is 0 Å². The van der Waals surface area contributed by atoms with Crippen molar-refractivity contribution >= 4 is 6.29 Å². The molecule has 0 saturated heterocycles. The number of allylic oxidation sites excluding steroid dienone is 3. The lowest BCUT2D eigenvalue weighted by atomic mass is 10.0. The molecule has 0 fully saturated rings. The molecular formula is C12H21NO. The Balaban J connectivity index is 4.45. The minimum Gasteiger partial charge on any atom is -0.378 e. The van der Waals surface area contributed by atoms with Crippen LogP contribution in [0.25, 0.3) is 0 Å². The lowest BCUT2D eigenvalue weighted by molar-refractivity contribution is -0.104. The van der Waals surface area contributed by atoms with Crippen LogP contribution in [0.1, 0.15) is 27.7 Å². The molecule has 0 unspecified atom stereocenters. The maximum atomic E-state index is 10.4. The fourth-order valence-corrected chi connectivity index (χ4v) is 0.895. The van der Waals surface area contributed by atoms with Gasteiger partial charge >= 0.3 is 0 Å². The van der Waals surface area contributed by atoms with Crippen LogP contribution in [-0.2, 0) is 4.79 Å². The Labute approximate surface area is 87.3 Å². The first kappa shape index (κ1) is 12.9. The second-order valence-corrected chi connectivity index (χ2v) is 4.03. The highest BCUT2D eigenvalue weighted by molar-refractivity contribution is 5.67. The lowest BCUT2D eigenvalue weighted by Crippen LogP contribution is -2.19. The minimum atomic E-state index is 0.386. The van der Waals surface area contributed by atoms with E-state index >= 15 is 0 Å². The highest BCUT2D eigenvalue weighted by Crippen LogP contribution is 2.10. The van der Waals surface area contributed by atoms with Crippen molar-refractivity contribution in [2.75, 3.05) is 7.05 Å². The van der Waals surface area contributed by atoms with Gasteiger partial charge in [0.25, 0.3) is 0 Å². The fraction of sp³-hybridized carbons (Fsp3) is 0.583. The quantitative estimate of drug-likeness (QED) is 0.382. The molecule has 0 atom stereocenters. The number of rotatable bonds is 5. The molecule has 0 aromatic carbocycles. The predicted octanol–water partition coefficient (Wildman–Crippen LogP) is 2.62. The predicted molar refractivity (Wildman–Crippen MR) is 61.0 cm³/mol. The number of hydrogen-bond acceptors (Lipinski definition) is 2. The van der Waals surface area contributed by atoms with Gasteiger partial charge in [-0.25, -0.2) is 0 Å². The molecule has 0 bridgehead atoms. The van der Waals surface area contributed by atoms with E-state index in [1.54, 1.807) is 6.08 Å². The minimum absolute atomic E-state index is 0.386. The van der Waals surface area contributed by atoms with Gasteiger partial charge in [-0.3, -0.25) is 4.79 Å². The maximum absolute atomic E-state index is 10.4. The molecule has 2 nitrogen and oxygen atoms in total. The lowest BCUT2D eigenvalue weighted by Gasteiger charge is -2.19. The molecule has 0 amide bonds. The van der Waals surface area contributed by atoms with E-state index in [-0.39, 0.29) is 0 Å². The first-order valence-electron chi connectivity index (χ1n) is 5.04. The molecule has 80 valence electrons. The molecule has 2 heteroatoms. The van der Waals surface area contributed by atoms with Gasteiger partial charge in [0.1, 0.15) is 6.29 Å². The molecule has 0 N–H and O–H groups in total. The van der Waals surface area contributed by atoms with Gasteiger partial charge in [-0.1, -0.05) is 13.8 Å². The average molecular weight is 195 g/mol. The van der Waals surface area contributed by atoms with Crippen LogP contribution in [0, 0.1) is 5.92 Å². The number of carbonyl (C=O) groups excluding carboxylic acids is 1. The number of carbonyl (C=O) groups is 1. The van der Waals surface area contributed by atoms with Gasteiger partial charge in [0.15, 0.2) is 0 Å². The molecule has 14 heavy (non-hydrogen) atoms. The van der Waals surface area contributed by atoms with Crippen LogP contribution in [0.4, 0.5) is 0 Å². The highest BCUT2D eigenvalue weighted by atomic mass is 16.1. The van der Waals surface area contributed by atoms with Gasteiger partial charge < -0.3 is 4.90 Å².